The number of alkyl halides is 3. The molecule has 0 aromatic heterocycles. The predicted molar refractivity (Wildman–Crippen MR) is 104 cm³/mol. The number of esters is 1. The van der Waals surface area contributed by atoms with Gasteiger partial charge in [0.25, 0.3) is 15.6 Å². The van der Waals surface area contributed by atoms with Crippen LogP contribution >= 0.6 is 0 Å². The van der Waals surface area contributed by atoms with Crippen LogP contribution in [0.25, 0.3) is 0 Å². The summed E-state index contributed by atoms with van der Waals surface area (Å²) in [5, 5.41) is 1.43. The number of carbonyl (C=O) groups is 2. The second-order valence-corrected chi connectivity index (χ2v) is 8.16. The lowest BCUT2D eigenvalue weighted by molar-refractivity contribution is -0.214. The number of rotatable bonds is 7. The molecule has 3 N–H and O–H groups in total. The van der Waals surface area contributed by atoms with Gasteiger partial charge in [0.2, 0.25) is 0 Å². The molecule has 0 aliphatic heterocycles. The Kier molecular flexibility index (Phi) is 7.46. The number of hydrogen-bond donors (Lipinski definition) is 3. The van der Waals surface area contributed by atoms with Gasteiger partial charge in [0.1, 0.15) is 5.82 Å². The van der Waals surface area contributed by atoms with Crippen molar-refractivity contribution < 1.29 is 40.3 Å². The van der Waals surface area contributed by atoms with Gasteiger partial charge in [0.05, 0.1) is 11.5 Å². The molecule has 32 heavy (non-hydrogen) atoms. The fourth-order valence-corrected chi connectivity index (χ4v) is 3.46. The van der Waals surface area contributed by atoms with E-state index in [0.717, 1.165) is 5.56 Å². The molecule has 2 aromatic carbocycles. The smallest absolute Gasteiger partial charge is 0.426 e. The Morgan fingerprint density at radius 3 is 2.06 bits per heavy atom. The van der Waals surface area contributed by atoms with Crippen molar-refractivity contribution in [2.75, 3.05) is 6.61 Å². The van der Waals surface area contributed by atoms with Gasteiger partial charge < -0.3 is 10.1 Å². The van der Waals surface area contributed by atoms with E-state index in [2.05, 4.69) is 4.74 Å². The fourth-order valence-electron chi connectivity index (χ4n) is 2.62. The zero-order valence-corrected chi connectivity index (χ0v) is 17.6. The van der Waals surface area contributed by atoms with Crippen LogP contribution in [0.4, 0.5) is 22.4 Å². The number of sulfonamides is 1. The second kappa shape index (κ2) is 9.53. The van der Waals surface area contributed by atoms with Crippen molar-refractivity contribution in [2.45, 2.75) is 30.5 Å². The number of halogens is 4. The van der Waals surface area contributed by atoms with E-state index in [0.29, 0.717) is 24.3 Å². The van der Waals surface area contributed by atoms with E-state index >= 15 is 0 Å². The van der Waals surface area contributed by atoms with Crippen LogP contribution in [0.2, 0.25) is 0 Å². The highest BCUT2D eigenvalue weighted by atomic mass is 32.2. The SMILES string of the molecule is CCOC(=O)C(NC(=O)NNS(=O)(=O)c1ccc(C)cc1)(c1ccc(F)cc1)C(F)(F)F. The van der Waals surface area contributed by atoms with E-state index in [1.807, 2.05) is 0 Å². The number of hydrogen-bond acceptors (Lipinski definition) is 5. The van der Waals surface area contributed by atoms with Crippen molar-refractivity contribution in [1.29, 1.82) is 0 Å². The molecular weight excluding hydrogens is 458 g/mol. The van der Waals surface area contributed by atoms with Gasteiger partial charge in [-0.3, -0.25) is 5.43 Å². The molecule has 0 fully saturated rings. The number of aryl methyl sites for hydroxylation is 1. The van der Waals surface area contributed by atoms with Crippen molar-refractivity contribution >= 4 is 22.0 Å². The third kappa shape index (κ3) is 5.34. The van der Waals surface area contributed by atoms with Crippen molar-refractivity contribution in [1.82, 2.24) is 15.6 Å². The van der Waals surface area contributed by atoms with Crippen LogP contribution < -0.4 is 15.6 Å². The Hall–Kier alpha value is -3.19. The molecule has 8 nitrogen and oxygen atoms in total. The van der Waals surface area contributed by atoms with Crippen molar-refractivity contribution in [3.63, 3.8) is 0 Å². The Morgan fingerprint density at radius 1 is 1.00 bits per heavy atom. The number of carbonyl (C=O) groups excluding carboxylic acids is 2. The molecule has 0 saturated carbocycles. The zero-order chi connectivity index (χ0) is 24.2. The summed E-state index contributed by atoms with van der Waals surface area (Å²) < 4.78 is 84.5. The molecule has 174 valence electrons. The van der Waals surface area contributed by atoms with Crippen LogP contribution in [0, 0.1) is 12.7 Å². The van der Waals surface area contributed by atoms with Crippen molar-refractivity contribution in [2.24, 2.45) is 0 Å². The van der Waals surface area contributed by atoms with Gasteiger partial charge in [0.15, 0.2) is 0 Å². The van der Waals surface area contributed by atoms with E-state index in [1.54, 1.807) is 17.2 Å². The Bertz CT molecular complexity index is 1070. The first kappa shape index (κ1) is 25.1. The summed E-state index contributed by atoms with van der Waals surface area (Å²) in [4.78, 5) is 26.0. The number of ether oxygens (including phenoxy) is 1. The summed E-state index contributed by atoms with van der Waals surface area (Å²) in [5.74, 6) is -2.78. The molecule has 0 spiro atoms. The Labute approximate surface area is 181 Å². The summed E-state index contributed by atoms with van der Waals surface area (Å²) in [6.45, 7) is 2.50. The normalized spacial score (nSPS) is 13.7. The molecule has 0 radical (unpaired) electrons. The maximum absolute atomic E-state index is 14.1. The van der Waals surface area contributed by atoms with E-state index in [1.165, 1.54) is 36.5 Å². The number of amides is 2. The summed E-state index contributed by atoms with van der Waals surface area (Å²) >= 11 is 0. The minimum absolute atomic E-state index is 0.269. The van der Waals surface area contributed by atoms with Crippen LogP contribution in [0.15, 0.2) is 53.4 Å². The lowest BCUT2D eigenvalue weighted by atomic mass is 9.89. The molecule has 1 atom stereocenters. The van der Waals surface area contributed by atoms with Crippen LogP contribution in [0.5, 0.6) is 0 Å². The molecule has 2 rings (SSSR count). The van der Waals surface area contributed by atoms with E-state index in [-0.39, 0.29) is 4.90 Å². The van der Waals surface area contributed by atoms with Gasteiger partial charge in [-0.2, -0.15) is 13.2 Å². The highest BCUT2D eigenvalue weighted by Gasteiger charge is 2.64. The molecule has 0 bridgehead atoms. The molecule has 2 aromatic rings. The van der Waals surface area contributed by atoms with Gasteiger partial charge in [-0.15, -0.1) is 4.83 Å². The minimum Gasteiger partial charge on any atom is -0.464 e. The first-order valence-electron chi connectivity index (χ1n) is 9.00. The van der Waals surface area contributed by atoms with Gasteiger partial charge in [-0.05, 0) is 43.7 Å². The first-order chi connectivity index (χ1) is 14.8. The third-order valence-electron chi connectivity index (χ3n) is 4.22. The predicted octanol–water partition coefficient (Wildman–Crippen LogP) is 2.65. The average Bonchev–Trinajstić information content (AvgIpc) is 2.71. The number of benzene rings is 2. The third-order valence-corrected chi connectivity index (χ3v) is 5.48. The van der Waals surface area contributed by atoms with Gasteiger partial charge in [-0.1, -0.05) is 29.8 Å². The largest absolute Gasteiger partial charge is 0.464 e. The van der Waals surface area contributed by atoms with Crippen molar-refractivity contribution in [3.05, 3.63) is 65.5 Å². The van der Waals surface area contributed by atoms with E-state index in [9.17, 15) is 35.6 Å². The first-order valence-corrected chi connectivity index (χ1v) is 10.5. The Balaban J connectivity index is 2.36. The number of hydrazine groups is 1. The van der Waals surface area contributed by atoms with Gasteiger partial charge in [-0.25, -0.2) is 22.4 Å². The average molecular weight is 477 g/mol. The second-order valence-electron chi connectivity index (χ2n) is 6.47. The molecule has 2 amide bonds. The highest BCUT2D eigenvalue weighted by molar-refractivity contribution is 7.89. The lowest BCUT2D eigenvalue weighted by Gasteiger charge is -2.34. The lowest BCUT2D eigenvalue weighted by Crippen LogP contribution is -2.64. The molecule has 0 aliphatic carbocycles. The number of urea groups is 1. The van der Waals surface area contributed by atoms with E-state index < -0.39 is 51.7 Å². The molecule has 13 heteroatoms. The van der Waals surface area contributed by atoms with E-state index in [4.69, 9.17) is 0 Å². The van der Waals surface area contributed by atoms with Crippen LogP contribution in [0.3, 0.4) is 0 Å². The maximum atomic E-state index is 14.1. The summed E-state index contributed by atoms with van der Waals surface area (Å²) in [7, 11) is -4.33. The Morgan fingerprint density at radius 2 is 1.56 bits per heavy atom. The molecule has 0 saturated heterocycles. The fraction of sp³-hybridized carbons (Fsp3) is 0.263. The molecular formula is C19H19F4N3O5S. The molecule has 1 unspecified atom stereocenters. The van der Waals surface area contributed by atoms with Crippen LogP contribution in [-0.2, 0) is 25.1 Å². The van der Waals surface area contributed by atoms with Gasteiger partial charge in [0, 0.05) is 0 Å². The van der Waals surface area contributed by atoms with Gasteiger partial charge >= 0.3 is 18.2 Å². The highest BCUT2D eigenvalue weighted by Crippen LogP contribution is 2.40. The molecule has 0 heterocycles. The monoisotopic (exact) mass is 477 g/mol. The summed E-state index contributed by atoms with van der Waals surface area (Å²) in [6.07, 6.45) is -5.44. The van der Waals surface area contributed by atoms with Crippen LogP contribution in [-0.4, -0.2) is 33.2 Å². The minimum atomic E-state index is -5.44. The quantitative estimate of drug-likeness (QED) is 0.322. The summed E-state index contributed by atoms with van der Waals surface area (Å²) in [5.41, 5.74) is -2.27. The van der Waals surface area contributed by atoms with Crippen LogP contribution in [0.1, 0.15) is 18.1 Å². The molecule has 0 aliphatic rings. The maximum Gasteiger partial charge on any atom is 0.426 e. The number of nitrogens with one attached hydrogen (secondary N) is 3. The topological polar surface area (TPSA) is 114 Å². The summed E-state index contributed by atoms with van der Waals surface area (Å²) in [6, 6.07) is 6.28. The van der Waals surface area contributed by atoms with Crippen molar-refractivity contribution in [3.8, 4) is 0 Å². The standard InChI is InChI=1S/C19H19F4N3O5S/c1-3-31-16(27)18(19(21,22)23,13-6-8-14(20)9-7-13)24-17(28)25-26-32(29,30)15-10-4-12(2)5-11-15/h4-11,26H,3H2,1-2H3,(H2,24,25,28). The zero-order valence-electron chi connectivity index (χ0n) is 16.8.